The van der Waals surface area contributed by atoms with Crippen LogP contribution in [0.3, 0.4) is 0 Å². The van der Waals surface area contributed by atoms with Crippen molar-refractivity contribution in [2.24, 2.45) is 5.92 Å². The van der Waals surface area contributed by atoms with Gasteiger partial charge in [0.15, 0.2) is 0 Å². The minimum absolute atomic E-state index is 0.0990. The fourth-order valence-electron chi connectivity index (χ4n) is 5.41. The lowest BCUT2D eigenvalue weighted by Crippen LogP contribution is -2.41. The zero-order valence-corrected chi connectivity index (χ0v) is 22.9. The number of ether oxygens (including phenoxy) is 1. The summed E-state index contributed by atoms with van der Waals surface area (Å²) in [5.74, 6) is 1.66. The van der Waals surface area contributed by atoms with E-state index in [2.05, 4.69) is 30.9 Å². The van der Waals surface area contributed by atoms with E-state index in [9.17, 15) is 18.0 Å². The molecule has 3 N–H and O–H groups in total. The molecule has 2 aromatic heterocycles. The van der Waals surface area contributed by atoms with Gasteiger partial charge in [-0.2, -0.15) is 23.1 Å². The van der Waals surface area contributed by atoms with Crippen molar-refractivity contribution in [3.63, 3.8) is 0 Å². The zero-order chi connectivity index (χ0) is 28.7. The van der Waals surface area contributed by atoms with Crippen LogP contribution in [0.4, 0.5) is 24.9 Å². The molecule has 1 amide bonds. The third kappa shape index (κ3) is 8.18. The summed E-state index contributed by atoms with van der Waals surface area (Å²) >= 11 is 0. The molecule has 12 heteroatoms. The Morgan fingerprint density at radius 2 is 1.88 bits per heavy atom. The molecule has 1 saturated heterocycles. The lowest BCUT2D eigenvalue weighted by atomic mass is 9.84. The molecular weight excluding hydrogens is 535 g/mol. The molecule has 0 bridgehead atoms. The van der Waals surface area contributed by atoms with Crippen molar-refractivity contribution in [3.05, 3.63) is 60.2 Å². The summed E-state index contributed by atoms with van der Waals surface area (Å²) in [5.41, 5.74) is -0.126. The van der Waals surface area contributed by atoms with Gasteiger partial charge in [0.2, 0.25) is 11.9 Å². The Morgan fingerprint density at radius 1 is 1.07 bits per heavy atom. The van der Waals surface area contributed by atoms with Crippen LogP contribution in [0, 0.1) is 5.92 Å². The van der Waals surface area contributed by atoms with E-state index in [4.69, 9.17) is 4.74 Å². The van der Waals surface area contributed by atoms with Crippen LogP contribution in [0.1, 0.15) is 62.5 Å². The van der Waals surface area contributed by atoms with E-state index >= 15 is 0 Å². The normalized spacial score (nSPS) is 18.7. The molecular formula is C29H36F3N7O2. The number of hydrogen-bond donors (Lipinski definition) is 3. The number of alkyl halides is 3. The fourth-order valence-corrected chi connectivity index (χ4v) is 5.41. The summed E-state index contributed by atoms with van der Waals surface area (Å²) in [4.78, 5) is 26.9. The minimum Gasteiger partial charge on any atom is -0.376 e. The number of aromatic nitrogens is 4. The highest BCUT2D eigenvalue weighted by Gasteiger charge is 2.30. The average Bonchev–Trinajstić information content (AvgIpc) is 3.70. The number of imidazole rings is 1. The van der Waals surface area contributed by atoms with E-state index in [-0.39, 0.29) is 18.6 Å². The molecule has 1 aliphatic heterocycles. The van der Waals surface area contributed by atoms with Gasteiger partial charge < -0.3 is 20.7 Å². The van der Waals surface area contributed by atoms with Crippen molar-refractivity contribution in [2.75, 3.05) is 23.8 Å². The fraction of sp³-hybridized carbons (Fsp3) is 0.517. The number of nitrogens with zero attached hydrogens (tertiary/aromatic N) is 4. The first kappa shape index (κ1) is 28.8. The lowest BCUT2D eigenvalue weighted by molar-refractivity contribution is -0.137. The molecule has 41 heavy (non-hydrogen) atoms. The highest BCUT2D eigenvalue weighted by Crippen LogP contribution is 2.30. The van der Waals surface area contributed by atoms with Gasteiger partial charge in [-0.3, -0.25) is 9.36 Å². The third-order valence-corrected chi connectivity index (χ3v) is 7.67. The van der Waals surface area contributed by atoms with Crippen LogP contribution in [0.2, 0.25) is 0 Å². The van der Waals surface area contributed by atoms with Crippen LogP contribution in [0.25, 0.3) is 5.82 Å². The number of nitrogens with one attached hydrogen (secondary N) is 3. The van der Waals surface area contributed by atoms with Gasteiger partial charge >= 0.3 is 6.18 Å². The van der Waals surface area contributed by atoms with Crippen LogP contribution >= 0.6 is 0 Å². The van der Waals surface area contributed by atoms with Gasteiger partial charge in [-0.1, -0.05) is 44.2 Å². The summed E-state index contributed by atoms with van der Waals surface area (Å²) in [6.45, 7) is 1.45. The molecule has 0 spiro atoms. The first-order valence-corrected chi connectivity index (χ1v) is 14.3. The molecule has 2 fully saturated rings. The smallest absolute Gasteiger partial charge is 0.376 e. The van der Waals surface area contributed by atoms with Crippen molar-refractivity contribution >= 4 is 17.7 Å². The largest absolute Gasteiger partial charge is 0.416 e. The van der Waals surface area contributed by atoms with Gasteiger partial charge in [-0.25, -0.2) is 4.98 Å². The van der Waals surface area contributed by atoms with E-state index in [0.29, 0.717) is 42.0 Å². The molecule has 220 valence electrons. The summed E-state index contributed by atoms with van der Waals surface area (Å²) in [7, 11) is 0. The molecule has 3 heterocycles. The molecule has 2 aliphatic rings. The van der Waals surface area contributed by atoms with E-state index < -0.39 is 17.8 Å². The van der Waals surface area contributed by atoms with Crippen molar-refractivity contribution in [3.8, 4) is 5.82 Å². The number of benzene rings is 1. The van der Waals surface area contributed by atoms with Crippen molar-refractivity contribution in [1.29, 1.82) is 0 Å². The summed E-state index contributed by atoms with van der Waals surface area (Å²) in [6.07, 6.45) is 9.01. The predicted molar refractivity (Wildman–Crippen MR) is 149 cm³/mol. The average molecular weight is 572 g/mol. The maximum atomic E-state index is 13.5. The van der Waals surface area contributed by atoms with Crippen molar-refractivity contribution in [1.82, 2.24) is 24.8 Å². The second-order valence-electron chi connectivity index (χ2n) is 10.8. The molecule has 5 rings (SSSR count). The highest BCUT2D eigenvalue weighted by molar-refractivity contribution is 5.84. The topological polar surface area (TPSA) is 106 Å². The van der Waals surface area contributed by atoms with Gasteiger partial charge in [-0.05, 0) is 42.9 Å². The SMILES string of the molecule is O=C(NCc1ccc(C(F)(F)F)cc1)[C@@H](CC1CCCCC1)Nc1cc(-n2ccnc2)nc(NCC2CCCO2)n1. The molecule has 3 aromatic rings. The molecule has 0 radical (unpaired) electrons. The van der Waals surface area contributed by atoms with E-state index in [1.165, 1.54) is 18.6 Å². The van der Waals surface area contributed by atoms with Gasteiger partial charge in [0.1, 0.15) is 24.0 Å². The Kier molecular flexibility index (Phi) is 9.38. The van der Waals surface area contributed by atoms with Crippen molar-refractivity contribution in [2.45, 2.75) is 76.2 Å². The lowest BCUT2D eigenvalue weighted by Gasteiger charge is -2.27. The number of rotatable bonds is 11. The van der Waals surface area contributed by atoms with Crippen LogP contribution in [0.15, 0.2) is 49.1 Å². The summed E-state index contributed by atoms with van der Waals surface area (Å²) in [5, 5.41) is 9.53. The highest BCUT2D eigenvalue weighted by atomic mass is 19.4. The number of halogens is 3. The second-order valence-corrected chi connectivity index (χ2v) is 10.8. The Bertz CT molecular complexity index is 1260. The van der Waals surface area contributed by atoms with E-state index in [1.54, 1.807) is 29.4 Å². The Hall–Kier alpha value is -3.67. The molecule has 1 unspecified atom stereocenters. The molecule has 1 aliphatic carbocycles. The molecule has 9 nitrogen and oxygen atoms in total. The molecule has 1 aromatic carbocycles. The quantitative estimate of drug-likeness (QED) is 0.285. The minimum atomic E-state index is -4.40. The second kappa shape index (κ2) is 13.3. The maximum absolute atomic E-state index is 13.5. The van der Waals surface area contributed by atoms with Gasteiger partial charge in [0.25, 0.3) is 0 Å². The summed E-state index contributed by atoms with van der Waals surface area (Å²) < 4.78 is 46.3. The standard InChI is InChI=1S/C29H36F3N7O2/c30-29(31,32)22-10-8-21(9-11-22)17-34-27(40)24(15-20-5-2-1-3-6-20)36-25-16-26(39-13-12-33-19-39)38-28(37-25)35-18-23-7-4-14-41-23/h8-13,16,19-20,23-24H,1-7,14-15,17-18H2,(H,34,40)(H2,35,36,37,38)/t23?,24-/m1/s1. The monoisotopic (exact) mass is 571 g/mol. The van der Waals surface area contributed by atoms with Gasteiger partial charge in [-0.15, -0.1) is 0 Å². The predicted octanol–water partition coefficient (Wildman–Crippen LogP) is 5.34. The van der Waals surface area contributed by atoms with Crippen LogP contribution in [-0.2, 0) is 22.3 Å². The first-order chi connectivity index (χ1) is 19.8. The van der Waals surface area contributed by atoms with Crippen LogP contribution in [0.5, 0.6) is 0 Å². The first-order valence-electron chi connectivity index (χ1n) is 14.3. The Morgan fingerprint density at radius 3 is 2.56 bits per heavy atom. The molecule has 1 saturated carbocycles. The number of amides is 1. The van der Waals surface area contributed by atoms with E-state index in [1.807, 2.05) is 0 Å². The number of anilines is 2. The van der Waals surface area contributed by atoms with Gasteiger partial charge in [0, 0.05) is 38.2 Å². The maximum Gasteiger partial charge on any atom is 0.416 e. The number of carbonyl (C=O) groups is 1. The number of hydrogen-bond acceptors (Lipinski definition) is 7. The number of carbonyl (C=O) groups excluding carboxylic acids is 1. The zero-order valence-electron chi connectivity index (χ0n) is 22.9. The van der Waals surface area contributed by atoms with Crippen LogP contribution < -0.4 is 16.0 Å². The Balaban J connectivity index is 1.32. The van der Waals surface area contributed by atoms with E-state index in [0.717, 1.165) is 57.3 Å². The summed E-state index contributed by atoms with van der Waals surface area (Å²) in [6, 6.07) is 6.03. The third-order valence-electron chi connectivity index (χ3n) is 7.67. The Labute approximate surface area is 237 Å². The van der Waals surface area contributed by atoms with Gasteiger partial charge in [0.05, 0.1) is 11.7 Å². The van der Waals surface area contributed by atoms with Crippen molar-refractivity contribution < 1.29 is 22.7 Å². The molecule has 2 atom stereocenters. The van der Waals surface area contributed by atoms with Crippen LogP contribution in [-0.4, -0.2) is 50.7 Å².